The number of nitrogens with one attached hydrogen (secondary N) is 4. The van der Waals surface area contributed by atoms with Crippen molar-refractivity contribution in [3.8, 4) is 0 Å². The summed E-state index contributed by atoms with van der Waals surface area (Å²) in [4.78, 5) is 6.63. The van der Waals surface area contributed by atoms with Gasteiger partial charge in [0.2, 0.25) is 0 Å². The van der Waals surface area contributed by atoms with Crippen molar-refractivity contribution in [2.24, 2.45) is 11.8 Å². The van der Waals surface area contributed by atoms with Gasteiger partial charge in [-0.15, -0.1) is 0 Å². The molecular weight excluding hydrogens is 468 g/mol. The summed E-state index contributed by atoms with van der Waals surface area (Å²) in [7, 11) is 0. The van der Waals surface area contributed by atoms with Gasteiger partial charge in [0.1, 0.15) is 0 Å². The van der Waals surface area contributed by atoms with Gasteiger partial charge in [0.15, 0.2) is 0 Å². The maximum absolute atomic E-state index is 4.07. The number of fused-ring (bicyclic) bond motifs is 10. The van der Waals surface area contributed by atoms with Gasteiger partial charge in [-0.25, -0.2) is 0 Å². The Morgan fingerprint density at radius 1 is 0.778 bits per heavy atom. The van der Waals surface area contributed by atoms with Crippen LogP contribution in [0.1, 0.15) is 32.6 Å². The molecule has 0 amide bonds. The van der Waals surface area contributed by atoms with E-state index in [1.165, 1.54) is 25.7 Å². The monoisotopic (exact) mass is 501 g/mol. The minimum absolute atomic E-state index is 0.601. The second kappa shape index (κ2) is 7.23. The fourth-order valence-corrected chi connectivity index (χ4v) is 11.9. The van der Waals surface area contributed by atoms with Crippen molar-refractivity contribution >= 4 is 29.9 Å². The Bertz CT molecular complexity index is 594. The average molecular weight is 499 g/mol. The van der Waals surface area contributed by atoms with Crippen LogP contribution < -0.4 is 21.5 Å². The van der Waals surface area contributed by atoms with Gasteiger partial charge in [0, 0.05) is 0 Å². The van der Waals surface area contributed by atoms with Crippen LogP contribution >= 0.6 is 0 Å². The zero-order chi connectivity index (χ0) is 18.0. The van der Waals surface area contributed by atoms with E-state index < -0.39 is 0 Å². The normalized spacial score (nSPS) is 52.0. The maximum atomic E-state index is 4.07. The van der Waals surface area contributed by atoms with Gasteiger partial charge in [0.25, 0.3) is 0 Å². The van der Waals surface area contributed by atoms with Crippen molar-refractivity contribution < 1.29 is 0 Å². The fourth-order valence-electron chi connectivity index (χ4n) is 6.44. The number of hydrogen-bond donors (Lipinski definition) is 4. The van der Waals surface area contributed by atoms with E-state index >= 15 is 0 Å². The predicted octanol–water partition coefficient (Wildman–Crippen LogP) is 0.596. The van der Waals surface area contributed by atoms with Crippen LogP contribution in [0.4, 0.5) is 0 Å². The van der Waals surface area contributed by atoms with Crippen LogP contribution in [0, 0.1) is 11.8 Å². The molecular formula is C20H31N5Se2. The summed E-state index contributed by atoms with van der Waals surface area (Å²) in [5.74, 6) is 1.51. The Morgan fingerprint density at radius 2 is 1.37 bits per heavy atom. The molecule has 0 aromatic carbocycles. The Balaban J connectivity index is 1.26. The number of hydrogen-bond acceptors (Lipinski definition) is 5. The molecule has 0 radical (unpaired) electrons. The van der Waals surface area contributed by atoms with Gasteiger partial charge in [-0.3, -0.25) is 0 Å². The molecule has 1 aliphatic carbocycles. The molecule has 4 fully saturated rings. The standard InChI is InChI=1S/C20H31N5Se2/c1-2-3-4-5-8-25-23-17-13-15(21-11-6-9-26-19(11)13)16-14(18(17)24-25)20-12(22-16)7-10-27-20/h6-7,9-24H,2-5,8H2,1H3. The molecule has 10 unspecified atom stereocenters. The molecule has 6 aliphatic rings. The molecule has 148 valence electrons. The second-order valence-corrected chi connectivity index (χ2v) is 13.5. The van der Waals surface area contributed by atoms with Crippen molar-refractivity contribution in [2.45, 2.75) is 78.5 Å². The SMILES string of the molecule is CCCCCCN1NC2C(N1)C1C(NC3C=C[Se]C31)C1NC3C=C[Se]C3C12. The molecule has 1 saturated carbocycles. The summed E-state index contributed by atoms with van der Waals surface area (Å²) < 4.78 is 0. The van der Waals surface area contributed by atoms with E-state index in [4.69, 9.17) is 0 Å². The molecule has 10 atom stereocenters. The molecule has 0 aromatic heterocycles. The summed E-state index contributed by atoms with van der Waals surface area (Å²) in [6.45, 7) is 3.43. The molecule has 5 heterocycles. The molecule has 7 heteroatoms. The van der Waals surface area contributed by atoms with Crippen molar-refractivity contribution in [1.29, 1.82) is 0 Å². The predicted molar refractivity (Wildman–Crippen MR) is 110 cm³/mol. The molecule has 5 nitrogen and oxygen atoms in total. The molecule has 0 spiro atoms. The van der Waals surface area contributed by atoms with Gasteiger partial charge >= 0.3 is 175 Å². The van der Waals surface area contributed by atoms with E-state index in [-0.39, 0.29) is 0 Å². The van der Waals surface area contributed by atoms with Crippen molar-refractivity contribution in [3.63, 3.8) is 0 Å². The van der Waals surface area contributed by atoms with Crippen molar-refractivity contribution in [2.75, 3.05) is 6.54 Å². The number of unbranched alkanes of at least 4 members (excludes halogenated alkanes) is 3. The number of nitrogens with zero attached hydrogens (tertiary/aromatic N) is 1. The Hall–Kier alpha value is 0.319. The van der Waals surface area contributed by atoms with Gasteiger partial charge in [-0.2, -0.15) is 0 Å². The second-order valence-electron chi connectivity index (χ2n) is 8.97. The Kier molecular flexibility index (Phi) is 4.85. The van der Waals surface area contributed by atoms with Gasteiger partial charge in [-0.1, -0.05) is 0 Å². The van der Waals surface area contributed by atoms with Crippen molar-refractivity contribution in [1.82, 2.24) is 26.6 Å². The first-order valence-electron chi connectivity index (χ1n) is 10.8. The first kappa shape index (κ1) is 18.1. The van der Waals surface area contributed by atoms with E-state index in [9.17, 15) is 0 Å². The first-order chi connectivity index (χ1) is 13.3. The van der Waals surface area contributed by atoms with Crippen LogP contribution in [-0.2, 0) is 0 Å². The van der Waals surface area contributed by atoms with E-state index in [1.807, 2.05) is 0 Å². The third kappa shape index (κ3) is 2.82. The van der Waals surface area contributed by atoms with Gasteiger partial charge in [-0.05, 0) is 0 Å². The minimum atomic E-state index is 0.601. The zero-order valence-corrected chi connectivity index (χ0v) is 19.3. The number of hydrazine groups is 2. The van der Waals surface area contributed by atoms with Crippen LogP contribution in [0.15, 0.2) is 22.1 Å². The summed E-state index contributed by atoms with van der Waals surface area (Å²) in [5, 5.41) is 10.5. The van der Waals surface area contributed by atoms with E-state index in [0.717, 1.165) is 28.0 Å². The van der Waals surface area contributed by atoms with Crippen LogP contribution in [0.3, 0.4) is 0 Å². The topological polar surface area (TPSA) is 51.4 Å². The molecule has 27 heavy (non-hydrogen) atoms. The first-order valence-corrected chi connectivity index (χ1v) is 14.8. The van der Waals surface area contributed by atoms with Gasteiger partial charge in [0.05, 0.1) is 0 Å². The summed E-state index contributed by atoms with van der Waals surface area (Å²) in [5.41, 5.74) is 7.94. The summed E-state index contributed by atoms with van der Waals surface area (Å²) in [6.07, 6.45) is 10.3. The van der Waals surface area contributed by atoms with E-state index in [1.54, 1.807) is 0 Å². The number of rotatable bonds is 5. The fraction of sp³-hybridized carbons (Fsp3) is 0.800. The van der Waals surface area contributed by atoms with Crippen LogP contribution in [0.2, 0.25) is 9.63 Å². The zero-order valence-electron chi connectivity index (χ0n) is 15.9. The van der Waals surface area contributed by atoms with Crippen LogP contribution in [-0.4, -0.2) is 77.8 Å². The Morgan fingerprint density at radius 3 is 1.93 bits per heavy atom. The quantitative estimate of drug-likeness (QED) is 0.330. The Labute approximate surface area is 175 Å². The molecule has 3 saturated heterocycles. The summed E-state index contributed by atoms with van der Waals surface area (Å²) >= 11 is 1.31. The molecule has 0 aromatic rings. The molecule has 6 rings (SSSR count). The summed E-state index contributed by atoms with van der Waals surface area (Å²) in [6, 6.07) is 3.74. The van der Waals surface area contributed by atoms with Gasteiger partial charge < -0.3 is 0 Å². The van der Waals surface area contributed by atoms with Crippen molar-refractivity contribution in [3.05, 3.63) is 22.1 Å². The third-order valence-electron chi connectivity index (χ3n) is 7.56. The van der Waals surface area contributed by atoms with E-state index in [2.05, 4.69) is 55.6 Å². The van der Waals surface area contributed by atoms with Crippen LogP contribution in [0.5, 0.6) is 0 Å². The van der Waals surface area contributed by atoms with E-state index in [0.29, 0.717) is 66.2 Å². The average Bonchev–Trinajstić information content (AvgIpc) is 3.41. The van der Waals surface area contributed by atoms with Crippen LogP contribution in [0.25, 0.3) is 0 Å². The molecule has 0 bridgehead atoms. The third-order valence-corrected chi connectivity index (χ3v) is 12.7. The molecule has 4 N–H and O–H groups in total. The molecule has 5 aliphatic heterocycles.